The van der Waals surface area contributed by atoms with Gasteiger partial charge in [-0.15, -0.1) is 0 Å². The van der Waals surface area contributed by atoms with Gasteiger partial charge in [-0.2, -0.15) is 0 Å². The van der Waals surface area contributed by atoms with Crippen molar-refractivity contribution in [2.45, 2.75) is 13.8 Å². The van der Waals surface area contributed by atoms with Crippen LogP contribution in [-0.4, -0.2) is 18.2 Å². The normalized spacial score (nSPS) is 10.4. The van der Waals surface area contributed by atoms with E-state index in [0.717, 1.165) is 22.4 Å². The number of carboxylic acids is 1. The van der Waals surface area contributed by atoms with Gasteiger partial charge in [0.05, 0.1) is 12.7 Å². The molecule has 0 saturated heterocycles. The molecule has 0 fully saturated rings. The van der Waals surface area contributed by atoms with Gasteiger partial charge in [-0.05, 0) is 66.4 Å². The minimum absolute atomic E-state index is 0.235. The van der Waals surface area contributed by atoms with Crippen LogP contribution in [0.4, 0.5) is 0 Å². The number of carbonyl (C=O) groups is 1. The summed E-state index contributed by atoms with van der Waals surface area (Å²) in [6.45, 7) is 3.86. The summed E-state index contributed by atoms with van der Waals surface area (Å²) in [4.78, 5) is 11.3. The molecular weight excluding hydrogens is 276 g/mol. The molecule has 0 radical (unpaired) electrons. The van der Waals surface area contributed by atoms with Crippen molar-refractivity contribution in [3.63, 3.8) is 0 Å². The van der Waals surface area contributed by atoms with Gasteiger partial charge in [0.1, 0.15) is 5.75 Å². The summed E-state index contributed by atoms with van der Waals surface area (Å²) in [6, 6.07) is 8.59. The first-order chi connectivity index (χ1) is 9.43. The molecule has 2 rings (SSSR count). The van der Waals surface area contributed by atoms with Gasteiger partial charge in [-0.3, -0.25) is 0 Å². The Kier molecular flexibility index (Phi) is 4.00. The molecule has 0 atom stereocenters. The van der Waals surface area contributed by atoms with Crippen LogP contribution >= 0.6 is 11.6 Å². The van der Waals surface area contributed by atoms with Gasteiger partial charge in [0.25, 0.3) is 0 Å². The van der Waals surface area contributed by atoms with Crippen molar-refractivity contribution in [3.05, 3.63) is 52.0 Å². The lowest BCUT2D eigenvalue weighted by Crippen LogP contribution is -2.00. The third-order valence-electron chi connectivity index (χ3n) is 3.19. The van der Waals surface area contributed by atoms with Crippen molar-refractivity contribution < 1.29 is 14.6 Å². The van der Waals surface area contributed by atoms with E-state index >= 15 is 0 Å². The summed E-state index contributed by atoms with van der Waals surface area (Å²) in [5, 5.41) is 9.80. The van der Waals surface area contributed by atoms with E-state index in [1.807, 2.05) is 26.0 Å². The van der Waals surface area contributed by atoms with Crippen molar-refractivity contribution in [1.29, 1.82) is 0 Å². The van der Waals surface area contributed by atoms with Crippen LogP contribution in [0.3, 0.4) is 0 Å². The van der Waals surface area contributed by atoms with Crippen LogP contribution in [0.15, 0.2) is 30.3 Å². The fourth-order valence-corrected chi connectivity index (χ4v) is 2.54. The second-order valence-electron chi connectivity index (χ2n) is 4.64. The second-order valence-corrected chi connectivity index (χ2v) is 5.07. The van der Waals surface area contributed by atoms with Crippen molar-refractivity contribution in [2.24, 2.45) is 0 Å². The third kappa shape index (κ3) is 2.63. The first kappa shape index (κ1) is 14.4. The highest BCUT2D eigenvalue weighted by atomic mass is 35.5. The Morgan fingerprint density at radius 1 is 1.15 bits per heavy atom. The molecule has 0 amide bonds. The Labute approximate surface area is 122 Å². The molecule has 20 heavy (non-hydrogen) atoms. The fraction of sp³-hybridized carbons (Fsp3) is 0.188. The minimum Gasteiger partial charge on any atom is -0.496 e. The average Bonchev–Trinajstić information content (AvgIpc) is 2.37. The molecule has 0 aromatic heterocycles. The number of hydrogen-bond acceptors (Lipinski definition) is 2. The van der Waals surface area contributed by atoms with Crippen molar-refractivity contribution >= 4 is 17.6 Å². The Morgan fingerprint density at radius 2 is 1.75 bits per heavy atom. The maximum absolute atomic E-state index is 11.3. The lowest BCUT2D eigenvalue weighted by atomic mass is 9.96. The molecule has 0 aliphatic heterocycles. The highest BCUT2D eigenvalue weighted by Gasteiger charge is 2.14. The predicted molar refractivity (Wildman–Crippen MR) is 79.9 cm³/mol. The minimum atomic E-state index is -0.970. The van der Waals surface area contributed by atoms with E-state index in [1.165, 1.54) is 6.07 Å². The number of benzene rings is 2. The number of rotatable bonds is 3. The van der Waals surface area contributed by atoms with E-state index in [9.17, 15) is 9.90 Å². The molecule has 0 unspecified atom stereocenters. The molecule has 4 heteroatoms. The van der Waals surface area contributed by atoms with Crippen LogP contribution in [-0.2, 0) is 0 Å². The molecule has 1 N–H and O–H groups in total. The first-order valence-electron chi connectivity index (χ1n) is 6.12. The maximum atomic E-state index is 11.3. The predicted octanol–water partition coefficient (Wildman–Crippen LogP) is 4.33. The zero-order valence-corrected chi connectivity index (χ0v) is 12.3. The first-order valence-corrected chi connectivity index (χ1v) is 6.50. The van der Waals surface area contributed by atoms with Crippen LogP contribution in [0.1, 0.15) is 21.5 Å². The monoisotopic (exact) mass is 290 g/mol. The lowest BCUT2D eigenvalue weighted by Gasteiger charge is -2.13. The second kappa shape index (κ2) is 5.55. The number of aromatic carboxylic acids is 1. The van der Waals surface area contributed by atoms with E-state index < -0.39 is 5.97 Å². The summed E-state index contributed by atoms with van der Waals surface area (Å²) in [5.41, 5.74) is 3.58. The fourth-order valence-electron chi connectivity index (χ4n) is 2.37. The summed E-state index contributed by atoms with van der Waals surface area (Å²) >= 11 is 5.99. The van der Waals surface area contributed by atoms with E-state index in [4.69, 9.17) is 16.3 Å². The third-order valence-corrected chi connectivity index (χ3v) is 3.42. The lowest BCUT2D eigenvalue weighted by molar-refractivity contribution is 0.0697. The highest BCUT2D eigenvalue weighted by molar-refractivity contribution is 6.31. The number of methoxy groups -OCH3 is 1. The molecule has 0 aliphatic carbocycles. The van der Waals surface area contributed by atoms with Crippen LogP contribution in [0.5, 0.6) is 5.75 Å². The quantitative estimate of drug-likeness (QED) is 0.915. The van der Waals surface area contributed by atoms with Crippen LogP contribution < -0.4 is 4.74 Å². The number of halogens is 1. The molecule has 3 nitrogen and oxygen atoms in total. The van der Waals surface area contributed by atoms with Gasteiger partial charge in [0.15, 0.2) is 0 Å². The van der Waals surface area contributed by atoms with Crippen molar-refractivity contribution in [1.82, 2.24) is 0 Å². The average molecular weight is 291 g/mol. The molecule has 0 aliphatic rings. The Bertz CT molecular complexity index is 654. The molecule has 2 aromatic carbocycles. The zero-order valence-electron chi connectivity index (χ0n) is 11.5. The van der Waals surface area contributed by atoms with E-state index in [0.29, 0.717) is 10.6 Å². The number of hydrogen-bond donors (Lipinski definition) is 1. The Morgan fingerprint density at radius 3 is 2.25 bits per heavy atom. The zero-order chi connectivity index (χ0) is 14.9. The van der Waals surface area contributed by atoms with Crippen molar-refractivity contribution in [3.8, 4) is 16.9 Å². The van der Waals surface area contributed by atoms with E-state index in [1.54, 1.807) is 19.2 Å². The van der Waals surface area contributed by atoms with Gasteiger partial charge in [0.2, 0.25) is 0 Å². The summed E-state index contributed by atoms with van der Waals surface area (Å²) in [5.74, 6) is -0.157. The number of carboxylic acid groups (broad SMARTS) is 1. The smallest absolute Gasteiger partial charge is 0.336 e. The molecule has 104 valence electrons. The van der Waals surface area contributed by atoms with Crippen molar-refractivity contribution in [2.75, 3.05) is 7.11 Å². The van der Waals surface area contributed by atoms with Gasteiger partial charge in [-0.1, -0.05) is 11.6 Å². The molecular formula is C16H15ClO3. The van der Waals surface area contributed by atoms with E-state index in [2.05, 4.69) is 0 Å². The molecule has 0 spiro atoms. The van der Waals surface area contributed by atoms with Gasteiger partial charge in [-0.25, -0.2) is 4.79 Å². The number of aryl methyl sites for hydroxylation is 2. The van der Waals surface area contributed by atoms with Gasteiger partial charge >= 0.3 is 5.97 Å². The maximum Gasteiger partial charge on any atom is 0.336 e. The Balaban J connectivity index is 2.68. The SMILES string of the molecule is COc1c(C)cc(-c2cc(Cl)ccc2C(=O)O)cc1C. The molecule has 0 heterocycles. The summed E-state index contributed by atoms with van der Waals surface area (Å²) < 4.78 is 5.33. The number of ether oxygens (including phenoxy) is 1. The molecule has 0 saturated carbocycles. The topological polar surface area (TPSA) is 46.5 Å². The van der Waals surface area contributed by atoms with Crippen LogP contribution in [0.2, 0.25) is 5.02 Å². The van der Waals surface area contributed by atoms with E-state index in [-0.39, 0.29) is 5.56 Å². The van der Waals surface area contributed by atoms with Crippen LogP contribution in [0, 0.1) is 13.8 Å². The highest BCUT2D eigenvalue weighted by Crippen LogP contribution is 2.33. The van der Waals surface area contributed by atoms with Gasteiger partial charge < -0.3 is 9.84 Å². The van der Waals surface area contributed by atoms with Gasteiger partial charge in [0, 0.05) is 5.02 Å². The Hall–Kier alpha value is -2.00. The van der Waals surface area contributed by atoms with Crippen LogP contribution in [0.25, 0.3) is 11.1 Å². The summed E-state index contributed by atoms with van der Waals surface area (Å²) in [7, 11) is 1.62. The largest absolute Gasteiger partial charge is 0.496 e. The molecule has 2 aromatic rings. The standard InChI is InChI=1S/C16H15ClO3/c1-9-6-11(7-10(2)15(9)20-3)14-8-12(17)4-5-13(14)16(18)19/h4-8H,1-3H3,(H,18,19). The molecule has 0 bridgehead atoms. The summed E-state index contributed by atoms with van der Waals surface area (Å²) in [6.07, 6.45) is 0.